The number of aliphatic hydroxyl groups is 1. The second-order valence-electron chi connectivity index (χ2n) is 9.38. The zero-order chi connectivity index (χ0) is 19.9. The molecule has 4 aliphatic rings. The van der Waals surface area contributed by atoms with Gasteiger partial charge >= 0.3 is 17.9 Å². The van der Waals surface area contributed by atoms with Gasteiger partial charge in [0.15, 0.2) is 0 Å². The van der Waals surface area contributed by atoms with E-state index in [1.807, 2.05) is 0 Å². The molecule has 0 aromatic carbocycles. The van der Waals surface area contributed by atoms with Crippen LogP contribution >= 0.6 is 0 Å². The zero-order valence-electron chi connectivity index (χ0n) is 15.4. The van der Waals surface area contributed by atoms with Gasteiger partial charge in [-0.25, -0.2) is 0 Å². The van der Waals surface area contributed by atoms with Gasteiger partial charge in [0.25, 0.3) is 0 Å². The van der Waals surface area contributed by atoms with Crippen LogP contribution in [-0.2, 0) is 14.4 Å². The highest BCUT2D eigenvalue weighted by Gasteiger charge is 2.80. The smallest absolute Gasteiger partial charge is 0.312 e. The predicted molar refractivity (Wildman–Crippen MR) is 92.7 cm³/mol. The van der Waals surface area contributed by atoms with E-state index in [-0.39, 0.29) is 18.8 Å². The molecule has 4 aliphatic carbocycles. The van der Waals surface area contributed by atoms with Crippen molar-refractivity contribution in [1.29, 1.82) is 0 Å². The Morgan fingerprint density at radius 2 is 1.74 bits per heavy atom. The first kappa shape index (κ1) is 18.5. The third kappa shape index (κ3) is 1.88. The van der Waals surface area contributed by atoms with Crippen molar-refractivity contribution in [3.63, 3.8) is 0 Å². The Bertz CT molecular complexity index is 759. The lowest BCUT2D eigenvalue weighted by molar-refractivity contribution is -0.191. The summed E-state index contributed by atoms with van der Waals surface area (Å²) in [6.45, 7) is 5.45. The summed E-state index contributed by atoms with van der Waals surface area (Å²) in [4.78, 5) is 37.4. The lowest BCUT2D eigenvalue weighted by Crippen LogP contribution is -2.60. The summed E-state index contributed by atoms with van der Waals surface area (Å²) in [7, 11) is 0. The normalized spacial score (nSPS) is 50.7. The van der Waals surface area contributed by atoms with Crippen molar-refractivity contribution in [3.8, 4) is 0 Å². The van der Waals surface area contributed by atoms with Gasteiger partial charge in [0, 0.05) is 5.92 Å². The quantitative estimate of drug-likeness (QED) is 0.552. The van der Waals surface area contributed by atoms with Crippen LogP contribution in [-0.4, -0.2) is 44.4 Å². The number of carbonyl (C=O) groups is 3. The maximum atomic E-state index is 12.7. The molecule has 4 saturated carbocycles. The molecule has 148 valence electrons. The summed E-state index contributed by atoms with van der Waals surface area (Å²) in [6.07, 6.45) is 1.24. The molecule has 7 heteroatoms. The summed E-state index contributed by atoms with van der Waals surface area (Å²) < 4.78 is 0. The number of fused-ring (bicyclic) bond motifs is 3. The third-order valence-corrected chi connectivity index (χ3v) is 8.68. The number of carboxylic acids is 3. The van der Waals surface area contributed by atoms with Gasteiger partial charge in [-0.05, 0) is 62.7 Å². The van der Waals surface area contributed by atoms with E-state index in [0.717, 1.165) is 12.0 Å². The van der Waals surface area contributed by atoms with Crippen LogP contribution in [0.15, 0.2) is 12.2 Å². The molecule has 0 aromatic rings. The average molecular weight is 378 g/mol. The van der Waals surface area contributed by atoms with Crippen LogP contribution in [0.2, 0.25) is 0 Å². The first-order chi connectivity index (χ1) is 12.5. The Kier molecular flexibility index (Phi) is 3.65. The molecule has 2 bridgehead atoms. The topological polar surface area (TPSA) is 132 Å². The molecule has 8 atom stereocenters. The van der Waals surface area contributed by atoms with Crippen LogP contribution in [0.3, 0.4) is 0 Å². The molecule has 0 aromatic heterocycles. The fourth-order valence-corrected chi connectivity index (χ4v) is 7.69. The second kappa shape index (κ2) is 5.34. The molecule has 7 nitrogen and oxygen atoms in total. The molecular weight excluding hydrogens is 352 g/mol. The van der Waals surface area contributed by atoms with Crippen LogP contribution in [0.1, 0.15) is 45.4 Å². The predicted octanol–water partition coefficient (Wildman–Crippen LogP) is 2.00. The molecule has 4 N–H and O–H groups in total. The van der Waals surface area contributed by atoms with E-state index >= 15 is 0 Å². The van der Waals surface area contributed by atoms with Gasteiger partial charge in [0.1, 0.15) is 0 Å². The Balaban J connectivity index is 2.02. The number of hydrogen-bond donors (Lipinski definition) is 4. The van der Waals surface area contributed by atoms with E-state index in [4.69, 9.17) is 0 Å². The van der Waals surface area contributed by atoms with Gasteiger partial charge in [0.05, 0.1) is 22.9 Å². The largest absolute Gasteiger partial charge is 0.481 e. The Hall–Kier alpha value is -1.89. The molecule has 0 heterocycles. The number of rotatable bonds is 3. The van der Waals surface area contributed by atoms with Crippen LogP contribution in [0.4, 0.5) is 0 Å². The van der Waals surface area contributed by atoms with Crippen LogP contribution < -0.4 is 0 Å². The lowest BCUT2D eigenvalue weighted by atomic mass is 9.51. The van der Waals surface area contributed by atoms with E-state index in [2.05, 4.69) is 6.58 Å². The molecule has 27 heavy (non-hydrogen) atoms. The van der Waals surface area contributed by atoms with Gasteiger partial charge in [-0.15, -0.1) is 0 Å². The molecule has 0 aliphatic heterocycles. The SMILES string of the molecule is C=C1C[C@]23CC1CC[C@H]2[C@]1(C(=O)O)CC[C@H](O)[C@@](C)(C(=O)O)[C@H]1[C@@H]3C(=O)O. The highest BCUT2D eigenvalue weighted by Crippen LogP contribution is 2.77. The van der Waals surface area contributed by atoms with E-state index < -0.39 is 58.0 Å². The molecule has 4 fully saturated rings. The van der Waals surface area contributed by atoms with Crippen molar-refractivity contribution in [2.24, 2.45) is 39.9 Å². The molecule has 1 spiro atoms. The third-order valence-electron chi connectivity index (χ3n) is 8.68. The van der Waals surface area contributed by atoms with Crippen molar-refractivity contribution < 1.29 is 34.8 Å². The Labute approximate surface area is 157 Å². The Morgan fingerprint density at radius 3 is 2.30 bits per heavy atom. The zero-order valence-corrected chi connectivity index (χ0v) is 15.4. The van der Waals surface area contributed by atoms with Gasteiger partial charge in [-0.1, -0.05) is 12.2 Å². The number of aliphatic carboxylic acids is 3. The molecule has 0 amide bonds. The molecule has 0 saturated heterocycles. The highest BCUT2D eigenvalue weighted by atomic mass is 16.4. The van der Waals surface area contributed by atoms with E-state index in [1.54, 1.807) is 0 Å². The first-order valence-corrected chi connectivity index (χ1v) is 9.58. The van der Waals surface area contributed by atoms with Crippen LogP contribution in [0.25, 0.3) is 0 Å². The monoisotopic (exact) mass is 378 g/mol. The second-order valence-corrected chi connectivity index (χ2v) is 9.38. The minimum absolute atomic E-state index is 0.0505. The summed E-state index contributed by atoms with van der Waals surface area (Å²) in [6, 6.07) is 0. The summed E-state index contributed by atoms with van der Waals surface area (Å²) in [5, 5.41) is 41.1. The van der Waals surface area contributed by atoms with Crippen molar-refractivity contribution in [3.05, 3.63) is 12.2 Å². The molecular formula is C20H26O7. The summed E-state index contributed by atoms with van der Waals surface area (Å²) in [5.74, 6) is -6.08. The number of carboxylic acid groups (broad SMARTS) is 3. The average Bonchev–Trinajstić information content (AvgIpc) is 2.99. The van der Waals surface area contributed by atoms with Crippen molar-refractivity contribution >= 4 is 17.9 Å². The lowest BCUT2D eigenvalue weighted by Gasteiger charge is -2.51. The fourth-order valence-electron chi connectivity index (χ4n) is 7.69. The van der Waals surface area contributed by atoms with Gasteiger partial charge in [-0.3, -0.25) is 14.4 Å². The van der Waals surface area contributed by atoms with Gasteiger partial charge in [0.2, 0.25) is 0 Å². The number of hydrogen-bond acceptors (Lipinski definition) is 4. The van der Waals surface area contributed by atoms with Gasteiger partial charge < -0.3 is 20.4 Å². The summed E-state index contributed by atoms with van der Waals surface area (Å²) in [5.41, 5.74) is -3.08. The van der Waals surface area contributed by atoms with E-state index in [9.17, 15) is 34.8 Å². The number of aliphatic hydroxyl groups excluding tert-OH is 1. The van der Waals surface area contributed by atoms with Crippen molar-refractivity contribution in [2.45, 2.75) is 51.6 Å². The molecule has 4 rings (SSSR count). The minimum atomic E-state index is -1.81. The summed E-state index contributed by atoms with van der Waals surface area (Å²) >= 11 is 0. The van der Waals surface area contributed by atoms with Crippen molar-refractivity contribution in [2.75, 3.05) is 0 Å². The maximum absolute atomic E-state index is 12.7. The minimum Gasteiger partial charge on any atom is -0.481 e. The van der Waals surface area contributed by atoms with Crippen molar-refractivity contribution in [1.82, 2.24) is 0 Å². The Morgan fingerprint density at radius 1 is 1.07 bits per heavy atom. The standard InChI is InChI=1S/C20H26O7/c1-9-7-19-8-10(9)3-4-11(19)20(17(26)27)6-5-12(21)18(2,16(24)25)14(20)13(19)15(22)23/h10-14,21H,1,3-8H2,2H3,(H,22,23)(H,24,25)(H,26,27)/t10?,11-,12+,13-,14-,18-,19+,20-/m1/s1. The fraction of sp³-hybridized carbons (Fsp3) is 0.750. The van der Waals surface area contributed by atoms with Gasteiger partial charge in [-0.2, -0.15) is 0 Å². The van der Waals surface area contributed by atoms with Crippen LogP contribution in [0, 0.1) is 39.9 Å². The van der Waals surface area contributed by atoms with E-state index in [1.165, 1.54) is 6.92 Å². The number of allylic oxidation sites excluding steroid dienone is 1. The first-order valence-electron chi connectivity index (χ1n) is 9.58. The van der Waals surface area contributed by atoms with E-state index in [0.29, 0.717) is 19.3 Å². The molecule has 1 unspecified atom stereocenters. The highest BCUT2D eigenvalue weighted by molar-refractivity contribution is 5.86. The van der Waals surface area contributed by atoms with Crippen LogP contribution in [0.5, 0.6) is 0 Å². The maximum Gasteiger partial charge on any atom is 0.312 e. The molecule has 0 radical (unpaired) electrons.